The summed E-state index contributed by atoms with van der Waals surface area (Å²) in [6, 6.07) is 4.42. The maximum Gasteiger partial charge on any atom is 0.407 e. The molecule has 3 N–H and O–H groups in total. The molecule has 1 aromatic heterocycles. The van der Waals surface area contributed by atoms with E-state index in [1.807, 2.05) is 20.8 Å². The van der Waals surface area contributed by atoms with Crippen molar-refractivity contribution < 1.29 is 19.1 Å². The third kappa shape index (κ3) is 6.75. The summed E-state index contributed by atoms with van der Waals surface area (Å²) in [7, 11) is 0. The number of alkyl carbamates (subject to hydrolysis) is 1. The maximum atomic E-state index is 13.1. The van der Waals surface area contributed by atoms with Gasteiger partial charge < -0.3 is 15.4 Å². The van der Waals surface area contributed by atoms with Gasteiger partial charge in [-0.3, -0.25) is 19.7 Å². The maximum absolute atomic E-state index is 13.1. The Labute approximate surface area is 197 Å². The highest BCUT2D eigenvalue weighted by atomic mass is 16.6. The molecule has 0 bridgehead atoms. The lowest BCUT2D eigenvalue weighted by atomic mass is 10.1. The summed E-state index contributed by atoms with van der Waals surface area (Å²) in [6.45, 7) is 6.69. The summed E-state index contributed by atoms with van der Waals surface area (Å²) in [5, 5.41) is 16.7. The van der Waals surface area contributed by atoms with E-state index in [0.717, 1.165) is 30.4 Å². The van der Waals surface area contributed by atoms with E-state index in [-0.39, 0.29) is 18.7 Å². The molecule has 1 atom stereocenters. The van der Waals surface area contributed by atoms with E-state index >= 15 is 0 Å². The van der Waals surface area contributed by atoms with Crippen LogP contribution in [0.4, 0.5) is 10.5 Å². The monoisotopic (exact) mass is 472 g/mol. The van der Waals surface area contributed by atoms with E-state index in [4.69, 9.17) is 4.74 Å². The predicted octanol–water partition coefficient (Wildman–Crippen LogP) is 2.27. The number of hydrogen-bond acceptors (Lipinski definition) is 8. The summed E-state index contributed by atoms with van der Waals surface area (Å²) in [6.07, 6.45) is 3.58. The highest BCUT2D eigenvalue weighted by molar-refractivity contribution is 5.99. The molecule has 0 saturated carbocycles. The highest BCUT2D eigenvalue weighted by Gasteiger charge is 2.30. The number of hydrogen-bond donors (Lipinski definition) is 3. The number of rotatable bonds is 9. The Kier molecular flexibility index (Phi) is 8.19. The number of nitrogens with one attached hydrogen (secondary N) is 3. The standard InChI is InChI=1S/C23H32N6O5/c1-23(2,3)34-22(33)25-14-7-5-4-6-13-24-15-9-8-10-16-19(15)21(32)29(28-27-16)17-11-12-18(30)26-20(17)31/h8-10,17,24H,4-7,11-14H2,1-3H3,(H,25,33)(H,26,30,31). The molecular formula is C23H32N6O5. The van der Waals surface area contributed by atoms with Crippen LogP contribution in [-0.4, -0.2) is 51.6 Å². The molecule has 3 amide bonds. The molecule has 1 aliphatic rings. The summed E-state index contributed by atoms with van der Waals surface area (Å²) < 4.78 is 6.26. The first-order chi connectivity index (χ1) is 16.2. The largest absolute Gasteiger partial charge is 0.444 e. The van der Waals surface area contributed by atoms with Crippen LogP contribution in [0.1, 0.15) is 65.3 Å². The number of anilines is 1. The quantitative estimate of drug-likeness (QED) is 0.372. The lowest BCUT2D eigenvalue weighted by Crippen LogP contribution is -2.45. The summed E-state index contributed by atoms with van der Waals surface area (Å²) in [5.74, 6) is -0.898. The van der Waals surface area contributed by atoms with Gasteiger partial charge in [-0.05, 0) is 52.2 Å². The van der Waals surface area contributed by atoms with Gasteiger partial charge in [0.25, 0.3) is 11.5 Å². The van der Waals surface area contributed by atoms with Crippen LogP contribution in [0.5, 0.6) is 0 Å². The Morgan fingerprint density at radius 3 is 2.59 bits per heavy atom. The van der Waals surface area contributed by atoms with Gasteiger partial charge in [-0.25, -0.2) is 4.79 Å². The molecule has 184 valence electrons. The number of ether oxygens (including phenoxy) is 1. The Morgan fingerprint density at radius 2 is 1.88 bits per heavy atom. The van der Waals surface area contributed by atoms with Crippen molar-refractivity contribution in [3.05, 3.63) is 28.6 Å². The van der Waals surface area contributed by atoms with Crippen molar-refractivity contribution in [3.8, 4) is 0 Å². The number of imide groups is 1. The molecule has 1 aliphatic heterocycles. The number of unbranched alkanes of at least 4 members (excludes halogenated alkanes) is 3. The van der Waals surface area contributed by atoms with Crippen LogP contribution in [0.3, 0.4) is 0 Å². The molecule has 2 aromatic rings. The number of nitrogens with zero attached hydrogens (tertiary/aromatic N) is 3. The Morgan fingerprint density at radius 1 is 1.15 bits per heavy atom. The highest BCUT2D eigenvalue weighted by Crippen LogP contribution is 2.21. The van der Waals surface area contributed by atoms with E-state index in [0.29, 0.717) is 29.7 Å². The summed E-state index contributed by atoms with van der Waals surface area (Å²) in [5.41, 5.74) is 0.140. The second-order valence-electron chi connectivity index (χ2n) is 9.28. The number of benzene rings is 1. The average Bonchev–Trinajstić information content (AvgIpc) is 2.75. The van der Waals surface area contributed by atoms with Crippen LogP contribution in [-0.2, 0) is 14.3 Å². The van der Waals surface area contributed by atoms with Crippen molar-refractivity contribution in [2.24, 2.45) is 0 Å². The lowest BCUT2D eigenvalue weighted by Gasteiger charge is -2.21. The Bertz CT molecular complexity index is 1110. The Hall–Kier alpha value is -3.50. The van der Waals surface area contributed by atoms with Crippen LogP contribution >= 0.6 is 0 Å². The average molecular weight is 473 g/mol. The molecule has 0 aliphatic carbocycles. The predicted molar refractivity (Wildman–Crippen MR) is 126 cm³/mol. The molecule has 34 heavy (non-hydrogen) atoms. The van der Waals surface area contributed by atoms with Crippen molar-refractivity contribution in [1.82, 2.24) is 25.6 Å². The Balaban J connectivity index is 1.51. The topological polar surface area (TPSA) is 144 Å². The molecule has 1 unspecified atom stereocenters. The van der Waals surface area contributed by atoms with E-state index in [2.05, 4.69) is 26.3 Å². The van der Waals surface area contributed by atoms with Gasteiger partial charge in [0.1, 0.15) is 17.2 Å². The molecule has 1 fully saturated rings. The van der Waals surface area contributed by atoms with Gasteiger partial charge in [-0.15, -0.1) is 5.10 Å². The second kappa shape index (κ2) is 11.1. The zero-order chi connectivity index (χ0) is 24.7. The molecule has 0 spiro atoms. The minimum absolute atomic E-state index is 0.149. The van der Waals surface area contributed by atoms with Gasteiger partial charge in [-0.1, -0.05) is 24.1 Å². The summed E-state index contributed by atoms with van der Waals surface area (Å²) in [4.78, 5) is 48.4. The number of aromatic nitrogens is 3. The minimum atomic E-state index is -0.857. The van der Waals surface area contributed by atoms with E-state index < -0.39 is 29.2 Å². The second-order valence-corrected chi connectivity index (χ2v) is 9.28. The van der Waals surface area contributed by atoms with Crippen LogP contribution in [0.15, 0.2) is 23.0 Å². The van der Waals surface area contributed by atoms with Gasteiger partial charge in [0.15, 0.2) is 0 Å². The molecule has 11 nitrogen and oxygen atoms in total. The molecule has 11 heteroatoms. The summed E-state index contributed by atoms with van der Waals surface area (Å²) >= 11 is 0. The van der Waals surface area contributed by atoms with Gasteiger partial charge >= 0.3 is 6.09 Å². The van der Waals surface area contributed by atoms with Crippen LogP contribution in [0, 0.1) is 0 Å². The molecular weight excluding hydrogens is 440 g/mol. The third-order valence-corrected chi connectivity index (χ3v) is 5.31. The number of piperidine rings is 1. The van der Waals surface area contributed by atoms with Crippen molar-refractivity contribution in [3.63, 3.8) is 0 Å². The fourth-order valence-electron chi connectivity index (χ4n) is 3.70. The number of carbonyl (C=O) groups excluding carboxylic acids is 3. The van der Waals surface area contributed by atoms with Crippen LogP contribution in [0.25, 0.3) is 10.9 Å². The minimum Gasteiger partial charge on any atom is -0.444 e. The van der Waals surface area contributed by atoms with Crippen molar-refractivity contribution in [1.29, 1.82) is 0 Å². The van der Waals surface area contributed by atoms with Crippen molar-refractivity contribution >= 4 is 34.5 Å². The normalized spacial score (nSPS) is 16.3. The van der Waals surface area contributed by atoms with Gasteiger partial charge in [0, 0.05) is 25.2 Å². The van der Waals surface area contributed by atoms with Gasteiger partial charge in [0.05, 0.1) is 5.39 Å². The van der Waals surface area contributed by atoms with Crippen LogP contribution < -0.4 is 21.5 Å². The van der Waals surface area contributed by atoms with E-state index in [9.17, 15) is 19.2 Å². The van der Waals surface area contributed by atoms with Crippen LogP contribution in [0.2, 0.25) is 0 Å². The third-order valence-electron chi connectivity index (χ3n) is 5.31. The van der Waals surface area contributed by atoms with Gasteiger partial charge in [-0.2, -0.15) is 4.68 Å². The van der Waals surface area contributed by atoms with Gasteiger partial charge in [0.2, 0.25) is 5.91 Å². The van der Waals surface area contributed by atoms with Crippen molar-refractivity contribution in [2.45, 2.75) is 70.9 Å². The zero-order valence-corrected chi connectivity index (χ0v) is 19.8. The molecule has 2 heterocycles. The van der Waals surface area contributed by atoms with Crippen molar-refractivity contribution in [2.75, 3.05) is 18.4 Å². The number of fused-ring (bicyclic) bond motifs is 1. The molecule has 1 saturated heterocycles. The number of amides is 3. The lowest BCUT2D eigenvalue weighted by molar-refractivity contribution is -0.136. The smallest absolute Gasteiger partial charge is 0.407 e. The van der Waals surface area contributed by atoms with E-state index in [1.54, 1.807) is 18.2 Å². The molecule has 3 rings (SSSR count). The first-order valence-corrected chi connectivity index (χ1v) is 11.6. The van der Waals surface area contributed by atoms with E-state index in [1.165, 1.54) is 0 Å². The molecule has 0 radical (unpaired) electrons. The SMILES string of the molecule is CC(C)(C)OC(=O)NCCCCCCNc1cccc2nnn(C3CCC(=O)NC3=O)c(=O)c12. The first kappa shape index (κ1) is 25.1. The zero-order valence-electron chi connectivity index (χ0n) is 19.8. The fourth-order valence-corrected chi connectivity index (χ4v) is 3.70. The molecule has 1 aromatic carbocycles. The number of carbonyl (C=O) groups is 3. The first-order valence-electron chi connectivity index (χ1n) is 11.6. The fraction of sp³-hybridized carbons (Fsp3) is 0.565.